The summed E-state index contributed by atoms with van der Waals surface area (Å²) < 4.78 is 15.3. The molecule has 2 nitrogen and oxygen atoms in total. The second-order valence-corrected chi connectivity index (χ2v) is 4.35. The van der Waals surface area contributed by atoms with Crippen molar-refractivity contribution in [3.05, 3.63) is 35.8 Å². The van der Waals surface area contributed by atoms with Gasteiger partial charge in [-0.25, -0.2) is 4.39 Å². The van der Waals surface area contributed by atoms with Crippen molar-refractivity contribution in [3.8, 4) is 0 Å². The molecule has 1 aromatic carbocycles. The molecular weight excluding hydrogens is 193 g/mol. The highest BCUT2D eigenvalue weighted by atomic mass is 19.1. The molecule has 0 fully saturated rings. The Morgan fingerprint density at radius 2 is 2.00 bits per heavy atom. The van der Waals surface area contributed by atoms with E-state index in [-0.39, 0.29) is 5.82 Å². The molecule has 0 aliphatic rings. The minimum Gasteiger partial charge on any atom is -0.386 e. The van der Waals surface area contributed by atoms with E-state index in [2.05, 4.69) is 0 Å². The number of aromatic nitrogens is 1. The van der Waals surface area contributed by atoms with E-state index < -0.39 is 5.60 Å². The van der Waals surface area contributed by atoms with Crippen LogP contribution >= 0.6 is 0 Å². The van der Waals surface area contributed by atoms with Gasteiger partial charge in [0.1, 0.15) is 5.82 Å². The number of aryl methyl sites for hydroxylation is 1. The first kappa shape index (κ1) is 10.2. The van der Waals surface area contributed by atoms with Gasteiger partial charge in [-0.1, -0.05) is 12.1 Å². The van der Waals surface area contributed by atoms with E-state index in [9.17, 15) is 9.50 Å². The van der Waals surface area contributed by atoms with Crippen LogP contribution in [0.3, 0.4) is 0 Å². The van der Waals surface area contributed by atoms with Crippen LogP contribution in [0.25, 0.3) is 10.9 Å². The largest absolute Gasteiger partial charge is 0.386 e. The summed E-state index contributed by atoms with van der Waals surface area (Å²) in [6, 6.07) is 4.91. The standard InChI is InChI=1S/C12H14FNO/c1-12(2,15)9-7-14(3)11-8(9)5-4-6-10(11)13/h4-7,15H,1-3H3. The van der Waals surface area contributed by atoms with Gasteiger partial charge in [-0.3, -0.25) is 0 Å². The van der Waals surface area contributed by atoms with E-state index in [4.69, 9.17) is 0 Å². The Labute approximate surface area is 88.0 Å². The lowest BCUT2D eigenvalue weighted by Gasteiger charge is -2.15. The normalized spacial score (nSPS) is 12.3. The average molecular weight is 207 g/mol. The molecule has 0 spiro atoms. The summed E-state index contributed by atoms with van der Waals surface area (Å²) in [6.45, 7) is 3.40. The van der Waals surface area contributed by atoms with Gasteiger partial charge >= 0.3 is 0 Å². The molecule has 1 aromatic heterocycles. The van der Waals surface area contributed by atoms with Crippen molar-refractivity contribution in [2.24, 2.45) is 7.05 Å². The Morgan fingerprint density at radius 1 is 1.33 bits per heavy atom. The predicted molar refractivity (Wildman–Crippen MR) is 58.1 cm³/mol. The first-order valence-corrected chi connectivity index (χ1v) is 4.87. The molecule has 2 rings (SSSR count). The van der Waals surface area contributed by atoms with Gasteiger partial charge in [-0.05, 0) is 19.9 Å². The SMILES string of the molecule is Cn1cc(C(C)(C)O)c2cccc(F)c21. The van der Waals surface area contributed by atoms with Crippen molar-refractivity contribution in [1.82, 2.24) is 4.57 Å². The number of fused-ring (bicyclic) bond motifs is 1. The van der Waals surface area contributed by atoms with Crippen molar-refractivity contribution in [2.75, 3.05) is 0 Å². The third-order valence-corrected chi connectivity index (χ3v) is 2.61. The third kappa shape index (κ3) is 1.53. The van der Waals surface area contributed by atoms with E-state index >= 15 is 0 Å². The molecule has 0 radical (unpaired) electrons. The fourth-order valence-corrected chi connectivity index (χ4v) is 1.91. The zero-order chi connectivity index (χ0) is 11.2. The molecule has 2 aromatic rings. The summed E-state index contributed by atoms with van der Waals surface area (Å²) in [5.74, 6) is -0.259. The summed E-state index contributed by atoms with van der Waals surface area (Å²) >= 11 is 0. The van der Waals surface area contributed by atoms with E-state index in [1.807, 2.05) is 6.07 Å². The number of hydrogen-bond acceptors (Lipinski definition) is 1. The van der Waals surface area contributed by atoms with Gasteiger partial charge < -0.3 is 9.67 Å². The monoisotopic (exact) mass is 207 g/mol. The molecule has 0 saturated heterocycles. The van der Waals surface area contributed by atoms with Gasteiger partial charge in [0.15, 0.2) is 0 Å². The molecule has 0 aliphatic carbocycles. The van der Waals surface area contributed by atoms with Crippen LogP contribution in [0.4, 0.5) is 4.39 Å². The number of para-hydroxylation sites is 1. The van der Waals surface area contributed by atoms with Gasteiger partial charge in [0.05, 0.1) is 11.1 Å². The number of benzene rings is 1. The zero-order valence-electron chi connectivity index (χ0n) is 9.08. The maximum atomic E-state index is 13.5. The van der Waals surface area contributed by atoms with Crippen LogP contribution in [0.2, 0.25) is 0 Å². The zero-order valence-corrected chi connectivity index (χ0v) is 9.08. The summed E-state index contributed by atoms with van der Waals surface area (Å²) in [4.78, 5) is 0. The maximum absolute atomic E-state index is 13.5. The second-order valence-electron chi connectivity index (χ2n) is 4.35. The van der Waals surface area contributed by atoms with Gasteiger partial charge in [-0.2, -0.15) is 0 Å². The Morgan fingerprint density at radius 3 is 2.60 bits per heavy atom. The highest BCUT2D eigenvalue weighted by Crippen LogP contribution is 2.30. The van der Waals surface area contributed by atoms with Crippen LogP contribution in [0.15, 0.2) is 24.4 Å². The van der Waals surface area contributed by atoms with Crippen LogP contribution in [0, 0.1) is 5.82 Å². The smallest absolute Gasteiger partial charge is 0.147 e. The molecule has 1 N–H and O–H groups in total. The highest BCUT2D eigenvalue weighted by molar-refractivity contribution is 5.85. The fourth-order valence-electron chi connectivity index (χ4n) is 1.91. The Hall–Kier alpha value is -1.35. The lowest BCUT2D eigenvalue weighted by Crippen LogP contribution is -2.14. The maximum Gasteiger partial charge on any atom is 0.147 e. The van der Waals surface area contributed by atoms with Gasteiger partial charge in [0.25, 0.3) is 0 Å². The lowest BCUT2D eigenvalue weighted by atomic mass is 9.98. The topological polar surface area (TPSA) is 25.2 Å². The number of hydrogen-bond donors (Lipinski definition) is 1. The van der Waals surface area contributed by atoms with Gasteiger partial charge in [0.2, 0.25) is 0 Å². The lowest BCUT2D eigenvalue weighted by molar-refractivity contribution is 0.0800. The van der Waals surface area contributed by atoms with E-state index in [0.717, 1.165) is 10.9 Å². The van der Waals surface area contributed by atoms with Crippen molar-refractivity contribution in [2.45, 2.75) is 19.4 Å². The summed E-state index contributed by atoms with van der Waals surface area (Å²) in [6.07, 6.45) is 1.77. The molecule has 15 heavy (non-hydrogen) atoms. The number of rotatable bonds is 1. The second kappa shape index (κ2) is 3.07. The van der Waals surface area contributed by atoms with Gasteiger partial charge in [0, 0.05) is 24.2 Å². The fraction of sp³-hybridized carbons (Fsp3) is 0.333. The van der Waals surface area contributed by atoms with Crippen LogP contribution in [0.1, 0.15) is 19.4 Å². The summed E-state index contributed by atoms with van der Waals surface area (Å²) in [7, 11) is 1.78. The molecule has 0 atom stereocenters. The summed E-state index contributed by atoms with van der Waals surface area (Å²) in [5, 5.41) is 10.7. The Balaban J connectivity index is 2.85. The minimum absolute atomic E-state index is 0.259. The van der Waals surface area contributed by atoms with Crippen LogP contribution < -0.4 is 0 Å². The molecule has 0 saturated carbocycles. The molecule has 0 aliphatic heterocycles. The average Bonchev–Trinajstić information content (AvgIpc) is 2.44. The molecule has 80 valence electrons. The van der Waals surface area contributed by atoms with Crippen molar-refractivity contribution < 1.29 is 9.50 Å². The molecule has 0 amide bonds. The first-order chi connectivity index (χ1) is 6.91. The number of aliphatic hydroxyl groups is 1. The van der Waals surface area contributed by atoms with Crippen LogP contribution in [0.5, 0.6) is 0 Å². The highest BCUT2D eigenvalue weighted by Gasteiger charge is 2.22. The van der Waals surface area contributed by atoms with Gasteiger partial charge in [-0.15, -0.1) is 0 Å². The number of nitrogens with zero attached hydrogens (tertiary/aromatic N) is 1. The predicted octanol–water partition coefficient (Wildman–Crippen LogP) is 2.54. The third-order valence-electron chi connectivity index (χ3n) is 2.61. The summed E-state index contributed by atoms with van der Waals surface area (Å²) in [5.41, 5.74) is 0.335. The van der Waals surface area contributed by atoms with Crippen LogP contribution in [-0.2, 0) is 12.6 Å². The molecule has 0 bridgehead atoms. The quantitative estimate of drug-likeness (QED) is 0.763. The van der Waals surface area contributed by atoms with E-state index in [1.54, 1.807) is 37.7 Å². The molecule has 1 heterocycles. The molecule has 0 unspecified atom stereocenters. The van der Waals surface area contributed by atoms with E-state index in [1.165, 1.54) is 6.07 Å². The first-order valence-electron chi connectivity index (χ1n) is 4.87. The minimum atomic E-state index is -0.951. The van der Waals surface area contributed by atoms with Crippen LogP contribution in [-0.4, -0.2) is 9.67 Å². The van der Waals surface area contributed by atoms with Crippen molar-refractivity contribution >= 4 is 10.9 Å². The molecular formula is C12H14FNO. The van der Waals surface area contributed by atoms with E-state index in [0.29, 0.717) is 5.52 Å². The number of halogens is 1. The Bertz CT molecular complexity index is 508. The molecule has 3 heteroatoms. The Kier molecular flexibility index (Phi) is 2.08. The van der Waals surface area contributed by atoms with Crippen molar-refractivity contribution in [1.29, 1.82) is 0 Å². The van der Waals surface area contributed by atoms with Crippen molar-refractivity contribution in [3.63, 3.8) is 0 Å².